The molecule has 5 nitrogen and oxygen atoms in total. The van der Waals surface area contributed by atoms with Crippen LogP contribution in [0.25, 0.3) is 10.9 Å². The zero-order valence-electron chi connectivity index (χ0n) is 15.7. The molecule has 0 spiro atoms. The zero-order chi connectivity index (χ0) is 19.4. The number of hydrogen-bond donors (Lipinski definition) is 2. The minimum atomic E-state index is -0.193. The van der Waals surface area contributed by atoms with Crippen molar-refractivity contribution in [3.8, 4) is 0 Å². The molecule has 2 aromatic carbocycles. The van der Waals surface area contributed by atoms with Crippen molar-refractivity contribution in [1.82, 2.24) is 10.3 Å². The lowest BCUT2D eigenvalue weighted by Crippen LogP contribution is -2.22. The van der Waals surface area contributed by atoms with Crippen LogP contribution in [0.15, 0.2) is 54.6 Å². The van der Waals surface area contributed by atoms with Crippen LogP contribution >= 0.6 is 0 Å². The molecule has 27 heavy (non-hydrogen) atoms. The van der Waals surface area contributed by atoms with Crippen LogP contribution in [0.3, 0.4) is 0 Å². The molecule has 0 aliphatic carbocycles. The van der Waals surface area contributed by atoms with Gasteiger partial charge in [0.25, 0.3) is 11.8 Å². The Bertz CT molecular complexity index is 979. The fourth-order valence-corrected chi connectivity index (χ4v) is 2.85. The summed E-state index contributed by atoms with van der Waals surface area (Å²) in [5, 5.41) is 6.49. The first-order valence-corrected chi connectivity index (χ1v) is 9.09. The van der Waals surface area contributed by atoms with Crippen LogP contribution in [0, 0.1) is 0 Å². The standard InChI is InChI=1S/C22H23N3O2/c1-4-23-21(26)15-9-11-16(12-10-15)24-22(27)18-13-20(14(2)3)25-19-8-6-5-7-17(18)19/h5-14H,4H2,1-3H3,(H,23,26)(H,24,27). The van der Waals surface area contributed by atoms with Crippen molar-refractivity contribution >= 4 is 28.4 Å². The highest BCUT2D eigenvalue weighted by Gasteiger charge is 2.15. The van der Waals surface area contributed by atoms with Gasteiger partial charge in [0.15, 0.2) is 0 Å². The number of fused-ring (bicyclic) bond motifs is 1. The predicted octanol–water partition coefficient (Wildman–Crippen LogP) is 4.36. The molecule has 5 heteroatoms. The van der Waals surface area contributed by atoms with E-state index in [9.17, 15) is 9.59 Å². The molecule has 1 heterocycles. The summed E-state index contributed by atoms with van der Waals surface area (Å²) < 4.78 is 0. The molecule has 0 atom stereocenters. The van der Waals surface area contributed by atoms with Gasteiger partial charge in [-0.3, -0.25) is 14.6 Å². The van der Waals surface area contributed by atoms with Crippen LogP contribution in [0.4, 0.5) is 5.69 Å². The van der Waals surface area contributed by atoms with Crippen LogP contribution in [0.2, 0.25) is 0 Å². The quantitative estimate of drug-likeness (QED) is 0.709. The van der Waals surface area contributed by atoms with E-state index >= 15 is 0 Å². The highest BCUT2D eigenvalue weighted by Crippen LogP contribution is 2.23. The van der Waals surface area contributed by atoms with Crippen molar-refractivity contribution in [1.29, 1.82) is 0 Å². The highest BCUT2D eigenvalue weighted by atomic mass is 16.2. The lowest BCUT2D eigenvalue weighted by Gasteiger charge is -2.12. The molecule has 0 saturated heterocycles. The Hall–Kier alpha value is -3.21. The molecular formula is C22H23N3O2. The number of amides is 2. The maximum absolute atomic E-state index is 12.9. The largest absolute Gasteiger partial charge is 0.352 e. The molecule has 2 N–H and O–H groups in total. The highest BCUT2D eigenvalue weighted by molar-refractivity contribution is 6.12. The van der Waals surface area contributed by atoms with Crippen molar-refractivity contribution in [2.45, 2.75) is 26.7 Å². The van der Waals surface area contributed by atoms with Gasteiger partial charge >= 0.3 is 0 Å². The number of pyridine rings is 1. The molecule has 2 amide bonds. The molecule has 0 aliphatic rings. The first kappa shape index (κ1) is 18.6. The molecule has 0 fully saturated rings. The lowest BCUT2D eigenvalue weighted by molar-refractivity contribution is 0.0955. The number of rotatable bonds is 5. The third-order valence-electron chi connectivity index (χ3n) is 4.31. The Kier molecular flexibility index (Phi) is 5.50. The number of anilines is 1. The maximum atomic E-state index is 12.9. The molecular weight excluding hydrogens is 338 g/mol. The zero-order valence-corrected chi connectivity index (χ0v) is 15.7. The second-order valence-corrected chi connectivity index (χ2v) is 6.66. The van der Waals surface area contributed by atoms with E-state index in [1.54, 1.807) is 24.3 Å². The Balaban J connectivity index is 1.89. The maximum Gasteiger partial charge on any atom is 0.256 e. The Morgan fingerprint density at radius 3 is 2.37 bits per heavy atom. The summed E-state index contributed by atoms with van der Waals surface area (Å²) in [5.41, 5.74) is 3.48. The number of aromatic nitrogens is 1. The number of nitrogens with zero attached hydrogens (tertiary/aromatic N) is 1. The van der Waals surface area contributed by atoms with Gasteiger partial charge in [0, 0.05) is 28.9 Å². The van der Waals surface area contributed by atoms with E-state index in [4.69, 9.17) is 0 Å². The van der Waals surface area contributed by atoms with E-state index in [2.05, 4.69) is 29.5 Å². The third-order valence-corrected chi connectivity index (χ3v) is 4.31. The fourth-order valence-electron chi connectivity index (χ4n) is 2.85. The Morgan fingerprint density at radius 1 is 1.00 bits per heavy atom. The molecule has 138 valence electrons. The van der Waals surface area contributed by atoms with Crippen LogP contribution in [0.5, 0.6) is 0 Å². The van der Waals surface area contributed by atoms with Gasteiger partial charge in [-0.15, -0.1) is 0 Å². The summed E-state index contributed by atoms with van der Waals surface area (Å²) in [6.07, 6.45) is 0. The number of carbonyl (C=O) groups is 2. The van der Waals surface area contributed by atoms with Crippen molar-refractivity contribution in [3.63, 3.8) is 0 Å². The number of carbonyl (C=O) groups excluding carboxylic acids is 2. The van der Waals surface area contributed by atoms with Crippen molar-refractivity contribution < 1.29 is 9.59 Å². The minimum Gasteiger partial charge on any atom is -0.352 e. The summed E-state index contributed by atoms with van der Waals surface area (Å²) in [6, 6.07) is 16.3. The van der Waals surface area contributed by atoms with Gasteiger partial charge in [-0.05, 0) is 49.2 Å². The lowest BCUT2D eigenvalue weighted by atomic mass is 10.0. The monoisotopic (exact) mass is 361 g/mol. The Morgan fingerprint density at radius 2 is 1.70 bits per heavy atom. The number of para-hydroxylation sites is 1. The summed E-state index contributed by atoms with van der Waals surface area (Å²) in [6.45, 7) is 6.55. The number of benzene rings is 2. The topological polar surface area (TPSA) is 71.1 Å². The number of nitrogens with one attached hydrogen (secondary N) is 2. The first-order chi connectivity index (χ1) is 13.0. The Labute approximate surface area is 158 Å². The normalized spacial score (nSPS) is 10.8. The summed E-state index contributed by atoms with van der Waals surface area (Å²) in [4.78, 5) is 29.4. The van der Waals surface area contributed by atoms with Crippen LogP contribution < -0.4 is 10.6 Å². The van der Waals surface area contributed by atoms with Crippen molar-refractivity contribution in [3.05, 3.63) is 71.4 Å². The van der Waals surface area contributed by atoms with E-state index in [0.29, 0.717) is 23.4 Å². The predicted molar refractivity (Wildman–Crippen MR) is 108 cm³/mol. The smallest absolute Gasteiger partial charge is 0.256 e. The molecule has 0 saturated carbocycles. The second kappa shape index (κ2) is 7.99. The molecule has 0 aliphatic heterocycles. The van der Waals surface area contributed by atoms with Gasteiger partial charge in [0.1, 0.15) is 0 Å². The van der Waals surface area contributed by atoms with E-state index < -0.39 is 0 Å². The molecule has 3 rings (SSSR count). The molecule has 1 aromatic heterocycles. The van der Waals surface area contributed by atoms with Crippen LogP contribution in [-0.2, 0) is 0 Å². The van der Waals surface area contributed by atoms with Gasteiger partial charge in [0.2, 0.25) is 0 Å². The molecule has 0 bridgehead atoms. The van der Waals surface area contributed by atoms with Gasteiger partial charge < -0.3 is 10.6 Å². The van der Waals surface area contributed by atoms with Crippen molar-refractivity contribution in [2.75, 3.05) is 11.9 Å². The van der Waals surface area contributed by atoms with Crippen LogP contribution in [-0.4, -0.2) is 23.3 Å². The summed E-state index contributed by atoms with van der Waals surface area (Å²) >= 11 is 0. The van der Waals surface area contributed by atoms with E-state index in [-0.39, 0.29) is 17.7 Å². The van der Waals surface area contributed by atoms with E-state index in [1.165, 1.54) is 0 Å². The first-order valence-electron chi connectivity index (χ1n) is 9.09. The van der Waals surface area contributed by atoms with Gasteiger partial charge in [-0.1, -0.05) is 32.0 Å². The molecule has 0 unspecified atom stereocenters. The van der Waals surface area contributed by atoms with E-state index in [0.717, 1.165) is 16.6 Å². The van der Waals surface area contributed by atoms with Gasteiger partial charge in [0.05, 0.1) is 11.1 Å². The summed E-state index contributed by atoms with van der Waals surface area (Å²) in [5.74, 6) is -0.101. The van der Waals surface area contributed by atoms with Gasteiger partial charge in [-0.2, -0.15) is 0 Å². The molecule has 3 aromatic rings. The van der Waals surface area contributed by atoms with Crippen molar-refractivity contribution in [2.24, 2.45) is 0 Å². The average molecular weight is 361 g/mol. The average Bonchev–Trinajstić information content (AvgIpc) is 2.67. The number of hydrogen-bond acceptors (Lipinski definition) is 3. The van der Waals surface area contributed by atoms with Gasteiger partial charge in [-0.25, -0.2) is 0 Å². The minimum absolute atomic E-state index is 0.128. The third kappa shape index (κ3) is 4.14. The molecule has 0 radical (unpaired) electrons. The fraction of sp³-hybridized carbons (Fsp3) is 0.227. The van der Waals surface area contributed by atoms with Crippen LogP contribution in [0.1, 0.15) is 53.1 Å². The SMILES string of the molecule is CCNC(=O)c1ccc(NC(=O)c2cc(C(C)C)nc3ccccc23)cc1. The summed E-state index contributed by atoms with van der Waals surface area (Å²) in [7, 11) is 0. The second-order valence-electron chi connectivity index (χ2n) is 6.66. The van der Waals surface area contributed by atoms with E-state index in [1.807, 2.05) is 37.3 Å².